The molecule has 1 amide bonds. The van der Waals surface area contributed by atoms with Gasteiger partial charge >= 0.3 is 0 Å². The number of halogens is 1. The highest BCUT2D eigenvalue weighted by molar-refractivity contribution is 5.85. The second kappa shape index (κ2) is 7.62. The van der Waals surface area contributed by atoms with Crippen molar-refractivity contribution >= 4 is 18.3 Å². The molecule has 5 heteroatoms. The van der Waals surface area contributed by atoms with Crippen LogP contribution in [0.2, 0.25) is 0 Å². The predicted octanol–water partition coefficient (Wildman–Crippen LogP) is 2.44. The lowest BCUT2D eigenvalue weighted by atomic mass is 9.63. The van der Waals surface area contributed by atoms with Crippen molar-refractivity contribution in [1.82, 2.24) is 4.90 Å². The number of likely N-dealkylation sites (N-methyl/N-ethyl adjacent to an activating group) is 1. The summed E-state index contributed by atoms with van der Waals surface area (Å²) in [4.78, 5) is 14.2. The van der Waals surface area contributed by atoms with Crippen LogP contribution in [0.25, 0.3) is 0 Å². The van der Waals surface area contributed by atoms with E-state index in [1.807, 2.05) is 18.9 Å². The van der Waals surface area contributed by atoms with E-state index < -0.39 is 0 Å². The van der Waals surface area contributed by atoms with Crippen LogP contribution in [0, 0.1) is 11.3 Å². The van der Waals surface area contributed by atoms with Crippen molar-refractivity contribution in [1.29, 1.82) is 0 Å². The number of hydrogen-bond donors (Lipinski definition) is 1. The van der Waals surface area contributed by atoms with Gasteiger partial charge in [0.2, 0.25) is 5.91 Å². The summed E-state index contributed by atoms with van der Waals surface area (Å²) in [5.41, 5.74) is 6.01. The third kappa shape index (κ3) is 4.09. The highest BCUT2D eigenvalue weighted by atomic mass is 35.5. The van der Waals surface area contributed by atoms with Crippen LogP contribution in [0.5, 0.6) is 0 Å². The molecule has 1 aliphatic carbocycles. The maximum Gasteiger partial charge on any atom is 0.239 e. The van der Waals surface area contributed by atoms with Crippen LogP contribution in [-0.2, 0) is 9.53 Å². The lowest BCUT2D eigenvalue weighted by Crippen LogP contribution is -2.64. The lowest BCUT2D eigenvalue weighted by Gasteiger charge is -2.55. The first-order valence-electron chi connectivity index (χ1n) is 7.35. The molecule has 20 heavy (non-hydrogen) atoms. The van der Waals surface area contributed by atoms with Crippen LogP contribution in [0.15, 0.2) is 0 Å². The van der Waals surface area contributed by atoms with Crippen LogP contribution in [0.1, 0.15) is 47.5 Å². The molecule has 0 aromatic heterocycles. The van der Waals surface area contributed by atoms with Crippen LogP contribution >= 0.6 is 12.4 Å². The van der Waals surface area contributed by atoms with Crippen LogP contribution < -0.4 is 5.73 Å². The zero-order chi connectivity index (χ0) is 14.8. The summed E-state index contributed by atoms with van der Waals surface area (Å²) in [6, 6.07) is -0.151. The summed E-state index contributed by atoms with van der Waals surface area (Å²) >= 11 is 0. The third-order valence-corrected chi connectivity index (χ3v) is 4.35. The average Bonchev–Trinajstić information content (AvgIpc) is 2.31. The summed E-state index contributed by atoms with van der Waals surface area (Å²) in [7, 11) is 1.87. The number of rotatable bonds is 6. The number of amides is 1. The van der Waals surface area contributed by atoms with E-state index in [1.54, 1.807) is 0 Å². The Kier molecular flexibility index (Phi) is 7.50. The fraction of sp³-hybridized carbons (Fsp3) is 0.933. The molecule has 0 saturated heterocycles. The van der Waals surface area contributed by atoms with Crippen molar-refractivity contribution in [3.63, 3.8) is 0 Å². The number of nitrogens with two attached hydrogens (primary N) is 1. The molecule has 1 saturated carbocycles. The van der Waals surface area contributed by atoms with Crippen LogP contribution in [0.3, 0.4) is 0 Å². The quantitative estimate of drug-likeness (QED) is 0.820. The van der Waals surface area contributed by atoms with Gasteiger partial charge in [-0.2, -0.15) is 0 Å². The number of hydrogen-bond acceptors (Lipinski definition) is 3. The van der Waals surface area contributed by atoms with E-state index in [2.05, 4.69) is 27.7 Å². The SMILES string of the molecule is CCOC1CC(N(C)C(=O)[C@@H](N)CC(C)C)C1(C)C.Cl. The fourth-order valence-electron chi connectivity index (χ4n) is 3.03. The van der Waals surface area contributed by atoms with Gasteiger partial charge in [0.1, 0.15) is 0 Å². The molecule has 1 aliphatic rings. The molecule has 4 nitrogen and oxygen atoms in total. The summed E-state index contributed by atoms with van der Waals surface area (Å²) in [6.07, 6.45) is 1.90. The van der Waals surface area contributed by atoms with E-state index in [1.165, 1.54) is 0 Å². The maximum atomic E-state index is 12.3. The normalized spacial score (nSPS) is 25.6. The molecule has 2 unspecified atom stereocenters. The highest BCUT2D eigenvalue weighted by Crippen LogP contribution is 2.45. The molecule has 0 spiro atoms. The van der Waals surface area contributed by atoms with Gasteiger partial charge in [0.25, 0.3) is 0 Å². The smallest absolute Gasteiger partial charge is 0.239 e. The molecule has 120 valence electrons. The van der Waals surface area contributed by atoms with Gasteiger partial charge in [-0.1, -0.05) is 27.7 Å². The zero-order valence-corrected chi connectivity index (χ0v) is 14.5. The van der Waals surface area contributed by atoms with Crippen molar-refractivity contribution in [3.8, 4) is 0 Å². The number of carbonyl (C=O) groups excluding carboxylic acids is 1. The number of ether oxygens (including phenoxy) is 1. The predicted molar refractivity (Wildman–Crippen MR) is 85.0 cm³/mol. The zero-order valence-electron chi connectivity index (χ0n) is 13.7. The molecule has 0 radical (unpaired) electrons. The van der Waals surface area contributed by atoms with Crippen LogP contribution in [0.4, 0.5) is 0 Å². The molecule has 3 atom stereocenters. The monoisotopic (exact) mass is 306 g/mol. The molecule has 1 rings (SSSR count). The number of carbonyl (C=O) groups is 1. The largest absolute Gasteiger partial charge is 0.378 e. The first-order valence-corrected chi connectivity index (χ1v) is 7.35. The Hall–Kier alpha value is -0.320. The minimum atomic E-state index is -0.382. The topological polar surface area (TPSA) is 55.6 Å². The Labute approximate surface area is 129 Å². The fourth-order valence-corrected chi connectivity index (χ4v) is 3.03. The van der Waals surface area contributed by atoms with Gasteiger partial charge in [-0.05, 0) is 25.7 Å². The summed E-state index contributed by atoms with van der Waals surface area (Å²) < 4.78 is 5.71. The summed E-state index contributed by atoms with van der Waals surface area (Å²) in [6.45, 7) is 11.2. The molecular weight excluding hydrogens is 276 g/mol. The molecule has 0 bridgehead atoms. The van der Waals surface area contributed by atoms with Gasteiger partial charge in [-0.15, -0.1) is 12.4 Å². The first kappa shape index (κ1) is 19.7. The van der Waals surface area contributed by atoms with Gasteiger partial charge in [0.05, 0.1) is 12.1 Å². The molecular formula is C15H31ClN2O2. The van der Waals surface area contributed by atoms with Crippen molar-refractivity contribution in [3.05, 3.63) is 0 Å². The maximum absolute atomic E-state index is 12.3. The minimum absolute atomic E-state index is 0. The van der Waals surface area contributed by atoms with Gasteiger partial charge in [-0.25, -0.2) is 0 Å². The Morgan fingerprint density at radius 2 is 2.00 bits per heavy atom. The second-order valence-corrected chi connectivity index (χ2v) is 6.70. The third-order valence-electron chi connectivity index (χ3n) is 4.35. The van der Waals surface area contributed by atoms with Gasteiger partial charge in [0, 0.05) is 25.1 Å². The summed E-state index contributed by atoms with van der Waals surface area (Å²) in [5, 5.41) is 0. The van der Waals surface area contributed by atoms with Gasteiger partial charge < -0.3 is 15.4 Å². The Morgan fingerprint density at radius 3 is 2.40 bits per heavy atom. The van der Waals surface area contributed by atoms with E-state index in [0.29, 0.717) is 5.92 Å². The minimum Gasteiger partial charge on any atom is -0.378 e. The average molecular weight is 307 g/mol. The first-order chi connectivity index (χ1) is 8.71. The van der Waals surface area contributed by atoms with Crippen molar-refractivity contribution in [2.45, 2.75) is 65.6 Å². The van der Waals surface area contributed by atoms with E-state index >= 15 is 0 Å². The van der Waals surface area contributed by atoms with Crippen LogP contribution in [-0.4, -0.2) is 42.6 Å². The highest BCUT2D eigenvalue weighted by Gasteiger charge is 2.52. The molecule has 2 N–H and O–H groups in total. The van der Waals surface area contributed by atoms with Gasteiger partial charge in [-0.3, -0.25) is 4.79 Å². The van der Waals surface area contributed by atoms with E-state index in [0.717, 1.165) is 19.4 Å². The molecule has 0 aromatic carbocycles. The Bertz CT molecular complexity index is 321. The van der Waals surface area contributed by atoms with E-state index in [9.17, 15) is 4.79 Å². The van der Waals surface area contributed by atoms with E-state index in [4.69, 9.17) is 10.5 Å². The van der Waals surface area contributed by atoms with Crippen molar-refractivity contribution in [2.24, 2.45) is 17.1 Å². The van der Waals surface area contributed by atoms with Crippen molar-refractivity contribution in [2.75, 3.05) is 13.7 Å². The number of nitrogens with zero attached hydrogens (tertiary/aromatic N) is 1. The molecule has 0 aromatic rings. The Morgan fingerprint density at radius 1 is 1.45 bits per heavy atom. The standard InChI is InChI=1S/C15H30N2O2.ClH/c1-7-19-13-9-12(15(13,4)5)17(6)14(18)11(16)8-10(2)3;/h10-13H,7-9,16H2,1-6H3;1H/t11-,12?,13?;/m0./s1. The Balaban J connectivity index is 0.00000361. The molecule has 1 fully saturated rings. The molecule has 0 aliphatic heterocycles. The lowest BCUT2D eigenvalue weighted by molar-refractivity contribution is -0.164. The van der Waals surface area contributed by atoms with Crippen molar-refractivity contribution < 1.29 is 9.53 Å². The molecule has 0 heterocycles. The van der Waals surface area contributed by atoms with Gasteiger partial charge in [0.15, 0.2) is 0 Å². The van der Waals surface area contributed by atoms with E-state index in [-0.39, 0.29) is 41.9 Å². The second-order valence-electron chi connectivity index (χ2n) is 6.70. The summed E-state index contributed by atoms with van der Waals surface area (Å²) in [5.74, 6) is 0.500.